The molecule has 12 heteroatoms. The number of rotatable bonds is 10. The van der Waals surface area contributed by atoms with Crippen molar-refractivity contribution in [1.82, 2.24) is 0 Å². The number of hydrogen-bond acceptors (Lipinski definition) is 8. The zero-order valence-electron chi connectivity index (χ0n) is 18.3. The van der Waals surface area contributed by atoms with Gasteiger partial charge in [0.2, 0.25) is 0 Å². The van der Waals surface area contributed by atoms with Gasteiger partial charge in [-0.25, -0.2) is 8.42 Å². The number of anilines is 2. The maximum atomic E-state index is 13.2. The number of nitrogens with one attached hydrogen (secondary N) is 2. The first kappa shape index (κ1) is 24.9. The minimum atomic E-state index is -4.24. The molecule has 3 N–H and O–H groups in total. The average molecular weight is 503 g/mol. The quantitative estimate of drug-likeness (QED) is 0.205. The molecule has 0 atom stereocenters. The Kier molecular flexibility index (Phi) is 7.64. The third-order valence-corrected chi connectivity index (χ3v) is 7.11. The lowest BCUT2D eigenvalue weighted by atomic mass is 10.1. The van der Waals surface area contributed by atoms with E-state index in [-0.39, 0.29) is 23.4 Å². The van der Waals surface area contributed by atoms with Gasteiger partial charge >= 0.3 is 5.97 Å². The second-order valence-electron chi connectivity index (χ2n) is 7.40. The molecule has 2 aromatic carbocycles. The fourth-order valence-electron chi connectivity index (χ4n) is 3.10. The lowest BCUT2D eigenvalue weighted by molar-refractivity contribution is -0.385. The SMILES string of the molecule is Cc1ccc(NS(=O)(=O)c2cc([N+](=O)[O-])ccc2NN=C(CCC(=O)O)c2cccs2)c(C)c1. The van der Waals surface area contributed by atoms with E-state index in [4.69, 9.17) is 5.11 Å². The van der Waals surface area contributed by atoms with E-state index in [2.05, 4.69) is 15.2 Å². The largest absolute Gasteiger partial charge is 0.481 e. The van der Waals surface area contributed by atoms with Crippen molar-refractivity contribution in [2.24, 2.45) is 5.10 Å². The van der Waals surface area contributed by atoms with Crippen molar-refractivity contribution in [3.05, 3.63) is 80.0 Å². The number of hydrazone groups is 1. The lowest BCUT2D eigenvalue weighted by Gasteiger charge is -2.14. The maximum absolute atomic E-state index is 13.2. The molecule has 0 bridgehead atoms. The summed E-state index contributed by atoms with van der Waals surface area (Å²) in [6, 6.07) is 12.1. The van der Waals surface area contributed by atoms with E-state index < -0.39 is 26.6 Å². The van der Waals surface area contributed by atoms with E-state index in [1.165, 1.54) is 17.4 Å². The van der Waals surface area contributed by atoms with E-state index in [9.17, 15) is 23.3 Å². The van der Waals surface area contributed by atoms with Gasteiger partial charge in [0.1, 0.15) is 4.90 Å². The molecule has 10 nitrogen and oxygen atoms in total. The smallest absolute Gasteiger partial charge is 0.303 e. The predicted molar refractivity (Wildman–Crippen MR) is 131 cm³/mol. The molecule has 178 valence electrons. The van der Waals surface area contributed by atoms with Gasteiger partial charge in [-0.3, -0.25) is 25.1 Å². The number of benzene rings is 2. The summed E-state index contributed by atoms with van der Waals surface area (Å²) in [6.07, 6.45) is -0.0587. The molecule has 0 unspecified atom stereocenters. The van der Waals surface area contributed by atoms with Crippen molar-refractivity contribution < 1.29 is 23.2 Å². The van der Waals surface area contributed by atoms with Gasteiger partial charge in [0.05, 0.1) is 33.3 Å². The highest BCUT2D eigenvalue weighted by Crippen LogP contribution is 2.29. The zero-order valence-corrected chi connectivity index (χ0v) is 19.9. The van der Waals surface area contributed by atoms with Crippen molar-refractivity contribution >= 4 is 50.1 Å². The summed E-state index contributed by atoms with van der Waals surface area (Å²) < 4.78 is 28.9. The van der Waals surface area contributed by atoms with Gasteiger partial charge in [-0.15, -0.1) is 11.3 Å². The van der Waals surface area contributed by atoms with Gasteiger partial charge in [-0.05, 0) is 43.0 Å². The van der Waals surface area contributed by atoms with Gasteiger partial charge in [-0.1, -0.05) is 23.8 Å². The van der Waals surface area contributed by atoms with Crippen LogP contribution in [-0.2, 0) is 14.8 Å². The highest BCUT2D eigenvalue weighted by molar-refractivity contribution is 7.92. The molecule has 0 fully saturated rings. The molecule has 1 heterocycles. The number of nitro benzene ring substituents is 1. The maximum Gasteiger partial charge on any atom is 0.303 e. The third kappa shape index (κ3) is 6.17. The fraction of sp³-hybridized carbons (Fsp3) is 0.182. The topological polar surface area (TPSA) is 151 Å². The van der Waals surface area contributed by atoms with Gasteiger partial charge in [0.25, 0.3) is 15.7 Å². The van der Waals surface area contributed by atoms with Crippen molar-refractivity contribution in [3.63, 3.8) is 0 Å². The van der Waals surface area contributed by atoms with E-state index in [0.717, 1.165) is 17.7 Å². The van der Waals surface area contributed by atoms with Crippen LogP contribution in [0.2, 0.25) is 0 Å². The molecule has 0 aliphatic heterocycles. The molecule has 34 heavy (non-hydrogen) atoms. The molecule has 0 spiro atoms. The molecule has 0 radical (unpaired) electrons. The van der Waals surface area contributed by atoms with E-state index in [0.29, 0.717) is 21.8 Å². The van der Waals surface area contributed by atoms with Crippen molar-refractivity contribution in [2.75, 3.05) is 10.1 Å². The van der Waals surface area contributed by atoms with Crippen molar-refractivity contribution in [1.29, 1.82) is 0 Å². The molecule has 0 aliphatic rings. The summed E-state index contributed by atoms with van der Waals surface area (Å²) in [5.41, 5.74) is 4.67. The normalized spacial score (nSPS) is 11.8. The highest BCUT2D eigenvalue weighted by Gasteiger charge is 2.23. The summed E-state index contributed by atoms with van der Waals surface area (Å²) in [7, 11) is -4.24. The predicted octanol–water partition coefficient (Wildman–Crippen LogP) is 4.75. The summed E-state index contributed by atoms with van der Waals surface area (Å²) >= 11 is 1.35. The number of sulfonamides is 1. The Hall–Kier alpha value is -3.77. The van der Waals surface area contributed by atoms with E-state index in [1.807, 2.05) is 13.0 Å². The number of non-ortho nitro benzene ring substituents is 1. The minimum Gasteiger partial charge on any atom is -0.481 e. The Morgan fingerprint density at radius 1 is 1.12 bits per heavy atom. The second-order valence-corrected chi connectivity index (χ2v) is 10.0. The minimum absolute atomic E-state index is 0.00671. The number of nitrogens with zero attached hydrogens (tertiary/aromatic N) is 2. The van der Waals surface area contributed by atoms with Crippen LogP contribution in [0.3, 0.4) is 0 Å². The number of carboxylic acids is 1. The second kappa shape index (κ2) is 10.4. The molecule has 0 aliphatic carbocycles. The molecular formula is C22H22N4O6S2. The third-order valence-electron chi connectivity index (χ3n) is 4.78. The van der Waals surface area contributed by atoms with E-state index in [1.54, 1.807) is 36.6 Å². The molecule has 1 aromatic heterocycles. The molecular weight excluding hydrogens is 480 g/mol. The summed E-state index contributed by atoms with van der Waals surface area (Å²) in [4.78, 5) is 22.0. The van der Waals surface area contributed by atoms with Crippen LogP contribution in [0.25, 0.3) is 0 Å². The molecule has 3 aromatic rings. The van der Waals surface area contributed by atoms with Crippen LogP contribution in [0, 0.1) is 24.0 Å². The molecule has 0 amide bonds. The summed E-state index contributed by atoms with van der Waals surface area (Å²) in [6.45, 7) is 3.62. The Balaban J connectivity index is 2.01. The molecule has 0 saturated heterocycles. The van der Waals surface area contributed by atoms with Crippen LogP contribution in [0.1, 0.15) is 28.8 Å². The Bertz CT molecular complexity index is 1350. The molecule has 3 rings (SSSR count). The lowest BCUT2D eigenvalue weighted by Crippen LogP contribution is -2.16. The van der Waals surface area contributed by atoms with Gasteiger partial charge in [0, 0.05) is 18.6 Å². The number of thiophene rings is 1. The van der Waals surface area contributed by atoms with Crippen LogP contribution in [0.15, 0.2) is 63.9 Å². The number of carbonyl (C=O) groups is 1. The summed E-state index contributed by atoms with van der Waals surface area (Å²) in [5, 5.41) is 26.4. The Morgan fingerprint density at radius 3 is 2.47 bits per heavy atom. The number of hydrogen-bond donors (Lipinski definition) is 3. The number of nitro groups is 1. The van der Waals surface area contributed by atoms with Crippen LogP contribution < -0.4 is 10.1 Å². The van der Waals surface area contributed by atoms with Gasteiger partial charge in [-0.2, -0.15) is 5.10 Å². The van der Waals surface area contributed by atoms with Crippen LogP contribution in [0.4, 0.5) is 17.1 Å². The summed E-state index contributed by atoms with van der Waals surface area (Å²) in [5.74, 6) is -1.000. The van der Waals surface area contributed by atoms with Crippen LogP contribution >= 0.6 is 11.3 Å². The van der Waals surface area contributed by atoms with Crippen LogP contribution in [0.5, 0.6) is 0 Å². The standard InChI is InChI=1S/C22H22N4O6S2/c1-14-5-7-17(15(2)12-14)25-34(31,32)21-13-16(26(29)30)6-8-19(21)24-23-18(9-10-22(27)28)20-4-3-11-33-20/h3-8,11-13,24-25H,9-10H2,1-2H3,(H,27,28). The first-order chi connectivity index (χ1) is 16.1. The Labute approximate surface area is 200 Å². The number of aliphatic carboxylic acids is 1. The van der Waals surface area contributed by atoms with E-state index >= 15 is 0 Å². The fourth-order valence-corrected chi connectivity index (χ4v) is 5.15. The number of carboxylic acid groups (broad SMARTS) is 1. The van der Waals surface area contributed by atoms with Gasteiger partial charge < -0.3 is 5.11 Å². The van der Waals surface area contributed by atoms with Crippen LogP contribution in [-0.4, -0.2) is 30.1 Å². The van der Waals surface area contributed by atoms with Gasteiger partial charge in [0.15, 0.2) is 0 Å². The monoisotopic (exact) mass is 502 g/mol. The van der Waals surface area contributed by atoms with Crippen molar-refractivity contribution in [2.45, 2.75) is 31.6 Å². The first-order valence-electron chi connectivity index (χ1n) is 10.0. The zero-order chi connectivity index (χ0) is 24.9. The highest BCUT2D eigenvalue weighted by atomic mass is 32.2. The first-order valence-corrected chi connectivity index (χ1v) is 12.4. The average Bonchev–Trinajstić information content (AvgIpc) is 3.30. The van der Waals surface area contributed by atoms with Crippen molar-refractivity contribution in [3.8, 4) is 0 Å². The number of aryl methyl sites for hydroxylation is 2. The Morgan fingerprint density at radius 2 is 1.85 bits per heavy atom. The molecule has 0 saturated carbocycles.